The van der Waals surface area contributed by atoms with Crippen molar-refractivity contribution in [3.63, 3.8) is 0 Å². The van der Waals surface area contributed by atoms with Crippen LogP contribution in [0.4, 0.5) is 10.8 Å². The first-order valence-electron chi connectivity index (χ1n) is 9.52. The smallest absolute Gasteiger partial charge is 0.260 e. The first-order valence-corrected chi connectivity index (χ1v) is 10.3. The Bertz CT molecular complexity index is 1130. The van der Waals surface area contributed by atoms with Gasteiger partial charge >= 0.3 is 0 Å². The molecule has 1 aromatic heterocycles. The molecule has 5 heteroatoms. The average molecular weight is 402 g/mol. The van der Waals surface area contributed by atoms with Crippen molar-refractivity contribution < 1.29 is 4.79 Å². The molecule has 146 valence electrons. The van der Waals surface area contributed by atoms with Crippen molar-refractivity contribution in [1.29, 1.82) is 0 Å². The molecule has 3 aromatic carbocycles. The van der Waals surface area contributed by atoms with Crippen molar-refractivity contribution in [3.05, 3.63) is 89.5 Å². The molecular weight excluding hydrogens is 378 g/mol. The van der Waals surface area contributed by atoms with Crippen molar-refractivity contribution in [2.24, 2.45) is 0 Å². The van der Waals surface area contributed by atoms with E-state index in [-0.39, 0.29) is 5.91 Å². The van der Waals surface area contributed by atoms with Gasteiger partial charge in [0.2, 0.25) is 0 Å². The topological polar surface area (TPSA) is 36.4 Å². The normalized spacial score (nSPS) is 10.9. The van der Waals surface area contributed by atoms with Gasteiger partial charge in [-0.05, 0) is 48.4 Å². The Morgan fingerprint density at radius 2 is 1.66 bits per heavy atom. The maximum Gasteiger partial charge on any atom is 0.260 e. The van der Waals surface area contributed by atoms with E-state index in [0.29, 0.717) is 12.1 Å². The van der Waals surface area contributed by atoms with Gasteiger partial charge in [0, 0.05) is 25.3 Å². The number of carbonyl (C=O) groups is 1. The fraction of sp³-hybridized carbons (Fsp3) is 0.167. The largest absolute Gasteiger partial charge is 0.378 e. The number of nitrogens with zero attached hydrogens (tertiary/aromatic N) is 3. The van der Waals surface area contributed by atoms with Crippen molar-refractivity contribution >= 4 is 38.3 Å². The Kier molecular flexibility index (Phi) is 5.32. The lowest BCUT2D eigenvalue weighted by Crippen LogP contribution is -2.30. The lowest BCUT2D eigenvalue weighted by molar-refractivity contribution is 0.0985. The highest BCUT2D eigenvalue weighted by Gasteiger charge is 2.22. The SMILES string of the molecule is Cc1cccc2sc(N(Cc3ccccc3)C(=O)c3ccc(N(C)C)cc3)nc12. The van der Waals surface area contributed by atoms with Gasteiger partial charge in [-0.15, -0.1) is 0 Å². The molecular formula is C24H23N3OS. The van der Waals surface area contributed by atoms with Crippen molar-refractivity contribution in [2.75, 3.05) is 23.9 Å². The molecule has 0 aliphatic carbocycles. The maximum atomic E-state index is 13.5. The number of rotatable bonds is 5. The predicted molar refractivity (Wildman–Crippen MR) is 122 cm³/mol. The van der Waals surface area contributed by atoms with Crippen LogP contribution in [0.15, 0.2) is 72.8 Å². The molecule has 0 N–H and O–H groups in total. The summed E-state index contributed by atoms with van der Waals surface area (Å²) in [5.74, 6) is -0.0455. The van der Waals surface area contributed by atoms with Crippen LogP contribution >= 0.6 is 11.3 Å². The van der Waals surface area contributed by atoms with Crippen LogP contribution in [-0.4, -0.2) is 25.0 Å². The van der Waals surface area contributed by atoms with Crippen molar-refractivity contribution in [2.45, 2.75) is 13.5 Å². The van der Waals surface area contributed by atoms with Gasteiger partial charge in [0.25, 0.3) is 5.91 Å². The highest BCUT2D eigenvalue weighted by molar-refractivity contribution is 7.22. The second-order valence-corrected chi connectivity index (χ2v) is 8.25. The molecule has 0 spiro atoms. The number of aryl methyl sites for hydroxylation is 1. The second-order valence-electron chi connectivity index (χ2n) is 7.24. The molecule has 0 atom stereocenters. The molecule has 0 aliphatic heterocycles. The predicted octanol–water partition coefficient (Wildman–Crippen LogP) is 5.52. The van der Waals surface area contributed by atoms with Crippen LogP contribution in [0.2, 0.25) is 0 Å². The molecule has 0 unspecified atom stereocenters. The zero-order valence-corrected chi connectivity index (χ0v) is 17.6. The molecule has 0 bridgehead atoms. The van der Waals surface area contributed by atoms with E-state index in [0.717, 1.165) is 32.2 Å². The zero-order chi connectivity index (χ0) is 20.4. The van der Waals surface area contributed by atoms with Crippen LogP contribution in [0.1, 0.15) is 21.5 Å². The second kappa shape index (κ2) is 8.05. The first-order chi connectivity index (χ1) is 14.0. The van der Waals surface area contributed by atoms with E-state index in [1.54, 1.807) is 16.2 Å². The molecule has 4 rings (SSSR count). The fourth-order valence-electron chi connectivity index (χ4n) is 3.24. The van der Waals surface area contributed by atoms with Crippen LogP contribution in [0, 0.1) is 6.92 Å². The minimum absolute atomic E-state index is 0.0455. The van der Waals surface area contributed by atoms with Gasteiger partial charge in [0.1, 0.15) is 0 Å². The zero-order valence-electron chi connectivity index (χ0n) is 16.8. The summed E-state index contributed by atoms with van der Waals surface area (Å²) in [6, 6.07) is 23.9. The summed E-state index contributed by atoms with van der Waals surface area (Å²) in [6.07, 6.45) is 0. The lowest BCUT2D eigenvalue weighted by Gasteiger charge is -2.21. The summed E-state index contributed by atoms with van der Waals surface area (Å²) in [7, 11) is 3.98. The summed E-state index contributed by atoms with van der Waals surface area (Å²) in [5, 5.41) is 0.722. The van der Waals surface area contributed by atoms with E-state index in [1.165, 1.54) is 0 Å². The van der Waals surface area contributed by atoms with E-state index in [9.17, 15) is 4.79 Å². The van der Waals surface area contributed by atoms with E-state index in [2.05, 4.69) is 19.1 Å². The van der Waals surface area contributed by atoms with Gasteiger partial charge in [0.05, 0.1) is 16.8 Å². The van der Waals surface area contributed by atoms with E-state index >= 15 is 0 Å². The third-order valence-corrected chi connectivity index (χ3v) is 5.94. The number of hydrogen-bond donors (Lipinski definition) is 0. The number of amides is 1. The Balaban J connectivity index is 1.74. The van der Waals surface area contributed by atoms with Crippen LogP contribution in [0.5, 0.6) is 0 Å². The highest BCUT2D eigenvalue weighted by atomic mass is 32.1. The number of fused-ring (bicyclic) bond motifs is 1. The minimum atomic E-state index is -0.0455. The van der Waals surface area contributed by atoms with Gasteiger partial charge in [-0.25, -0.2) is 4.98 Å². The monoisotopic (exact) mass is 401 g/mol. The molecule has 1 heterocycles. The molecule has 29 heavy (non-hydrogen) atoms. The molecule has 0 radical (unpaired) electrons. The quantitative estimate of drug-likeness (QED) is 0.442. The highest BCUT2D eigenvalue weighted by Crippen LogP contribution is 2.32. The number of para-hydroxylation sites is 1. The number of thiazole rings is 1. The van der Waals surface area contributed by atoms with Crippen molar-refractivity contribution in [3.8, 4) is 0 Å². The molecule has 4 aromatic rings. The molecule has 4 nitrogen and oxygen atoms in total. The third-order valence-electron chi connectivity index (χ3n) is 4.90. The summed E-state index contributed by atoms with van der Waals surface area (Å²) < 4.78 is 1.09. The van der Waals surface area contributed by atoms with Gasteiger partial charge in [-0.1, -0.05) is 53.8 Å². The van der Waals surface area contributed by atoms with Crippen LogP contribution in [0.3, 0.4) is 0 Å². The Labute approximate surface area is 175 Å². The van der Waals surface area contributed by atoms with Gasteiger partial charge in [-0.3, -0.25) is 9.69 Å². The summed E-state index contributed by atoms with van der Waals surface area (Å²) in [4.78, 5) is 22.1. The number of hydrogen-bond acceptors (Lipinski definition) is 4. The van der Waals surface area contributed by atoms with Crippen molar-refractivity contribution in [1.82, 2.24) is 4.98 Å². The standard InChI is InChI=1S/C24H23N3OS/c1-17-8-7-11-21-22(17)25-24(29-21)27(16-18-9-5-4-6-10-18)23(28)19-12-14-20(15-13-19)26(2)3/h4-15H,16H2,1-3H3. The van der Waals surface area contributed by atoms with Crippen LogP contribution in [0.25, 0.3) is 10.2 Å². The molecule has 0 saturated heterocycles. The molecule has 0 saturated carbocycles. The van der Waals surface area contributed by atoms with Gasteiger partial charge < -0.3 is 4.90 Å². The van der Waals surface area contributed by atoms with Crippen LogP contribution < -0.4 is 9.80 Å². The Morgan fingerprint density at radius 3 is 2.31 bits per heavy atom. The Morgan fingerprint density at radius 1 is 0.931 bits per heavy atom. The third kappa shape index (κ3) is 4.00. The molecule has 0 aliphatic rings. The minimum Gasteiger partial charge on any atom is -0.378 e. The van der Waals surface area contributed by atoms with E-state index < -0.39 is 0 Å². The fourth-order valence-corrected chi connectivity index (χ4v) is 4.28. The Hall–Kier alpha value is -3.18. The molecule has 1 amide bonds. The van der Waals surface area contributed by atoms with Gasteiger partial charge in [-0.2, -0.15) is 0 Å². The number of carbonyl (C=O) groups excluding carboxylic acids is 1. The summed E-state index contributed by atoms with van der Waals surface area (Å²) in [5.41, 5.74) is 4.87. The summed E-state index contributed by atoms with van der Waals surface area (Å²) in [6.45, 7) is 2.53. The number of aromatic nitrogens is 1. The summed E-state index contributed by atoms with van der Waals surface area (Å²) >= 11 is 1.56. The average Bonchev–Trinajstić information content (AvgIpc) is 3.18. The number of benzene rings is 3. The number of anilines is 2. The maximum absolute atomic E-state index is 13.5. The van der Waals surface area contributed by atoms with E-state index in [1.807, 2.05) is 79.7 Å². The van der Waals surface area contributed by atoms with E-state index in [4.69, 9.17) is 4.98 Å². The molecule has 0 fully saturated rings. The van der Waals surface area contributed by atoms with Crippen LogP contribution in [-0.2, 0) is 6.54 Å². The van der Waals surface area contributed by atoms with Gasteiger partial charge in [0.15, 0.2) is 5.13 Å². The first kappa shape index (κ1) is 19.2. The lowest BCUT2D eigenvalue weighted by atomic mass is 10.1.